The van der Waals surface area contributed by atoms with Crippen molar-refractivity contribution in [3.8, 4) is 5.75 Å². The normalized spacial score (nSPS) is 17.9. The maximum Gasteiger partial charge on any atom is 0.330 e. The number of anilines is 2. The van der Waals surface area contributed by atoms with Crippen LogP contribution in [0, 0.1) is 5.92 Å². The van der Waals surface area contributed by atoms with Crippen LogP contribution in [0.25, 0.3) is 6.08 Å². The van der Waals surface area contributed by atoms with Gasteiger partial charge in [0.2, 0.25) is 0 Å². The topological polar surface area (TPSA) is 114 Å². The van der Waals surface area contributed by atoms with Crippen molar-refractivity contribution in [3.05, 3.63) is 59.7 Å². The molecule has 3 rings (SSSR count). The van der Waals surface area contributed by atoms with Gasteiger partial charge in [-0.3, -0.25) is 4.79 Å². The lowest BCUT2D eigenvalue weighted by Crippen LogP contribution is -2.29. The van der Waals surface area contributed by atoms with Crippen LogP contribution in [0.4, 0.5) is 11.4 Å². The molecule has 218 valence electrons. The summed E-state index contributed by atoms with van der Waals surface area (Å²) in [5.41, 5.74) is 14.6. The van der Waals surface area contributed by atoms with E-state index in [1.165, 1.54) is 38.2 Å². The first-order chi connectivity index (χ1) is 19.3. The fraction of sp³-hybridized carbons (Fsp3) is 0.515. The number of nitrogen functional groups attached to an aromatic ring is 2. The zero-order valence-electron chi connectivity index (χ0n) is 24.1. The molecule has 7 heteroatoms. The molecule has 0 spiro atoms. The summed E-state index contributed by atoms with van der Waals surface area (Å²) in [6, 6.07) is 12.4. The molecule has 0 saturated heterocycles. The van der Waals surface area contributed by atoms with Crippen LogP contribution in [0.1, 0.15) is 95.1 Å². The summed E-state index contributed by atoms with van der Waals surface area (Å²) < 4.78 is 17.0. The van der Waals surface area contributed by atoms with E-state index >= 15 is 0 Å². The Bertz CT molecular complexity index is 1070. The second-order valence-corrected chi connectivity index (χ2v) is 10.9. The number of esters is 2. The highest BCUT2D eigenvalue weighted by atomic mass is 16.5. The molecule has 1 aliphatic carbocycles. The third kappa shape index (κ3) is 11.0. The highest BCUT2D eigenvalue weighted by molar-refractivity contribution is 5.87. The molecule has 7 nitrogen and oxygen atoms in total. The van der Waals surface area contributed by atoms with Crippen molar-refractivity contribution in [1.29, 1.82) is 0 Å². The van der Waals surface area contributed by atoms with Crippen LogP contribution in [0.5, 0.6) is 5.75 Å². The van der Waals surface area contributed by atoms with Gasteiger partial charge < -0.3 is 25.7 Å². The van der Waals surface area contributed by atoms with Gasteiger partial charge in [0.05, 0.1) is 18.6 Å². The van der Waals surface area contributed by atoms with Crippen molar-refractivity contribution in [2.24, 2.45) is 5.92 Å². The molecule has 0 amide bonds. The summed E-state index contributed by atoms with van der Waals surface area (Å²) in [6.45, 7) is 5.22. The third-order valence-electron chi connectivity index (χ3n) is 7.41. The highest BCUT2D eigenvalue weighted by Gasteiger charge is 2.28. The maximum atomic E-state index is 12.7. The second kappa shape index (κ2) is 16.7. The van der Waals surface area contributed by atoms with Crippen LogP contribution in [0.2, 0.25) is 0 Å². The lowest BCUT2D eigenvalue weighted by molar-refractivity contribution is -0.141. The fourth-order valence-electron chi connectivity index (χ4n) is 4.95. The number of hydrogen-bond donors (Lipinski definition) is 2. The SMILES string of the molecule is CCCCCCCCOC1CCC(C(=O)Oc2ccc(C=CC(=O)OCC(C)c3cc(N)cc(N)c3)cc2)CC1. The first-order valence-electron chi connectivity index (χ1n) is 14.8. The van der Waals surface area contributed by atoms with E-state index in [4.69, 9.17) is 25.7 Å². The van der Waals surface area contributed by atoms with Crippen molar-refractivity contribution in [2.75, 3.05) is 24.7 Å². The van der Waals surface area contributed by atoms with Gasteiger partial charge in [-0.25, -0.2) is 4.79 Å². The number of nitrogens with two attached hydrogens (primary N) is 2. The monoisotopic (exact) mass is 550 g/mol. The summed E-state index contributed by atoms with van der Waals surface area (Å²) in [5.74, 6) is -0.247. The van der Waals surface area contributed by atoms with E-state index in [1.807, 2.05) is 19.1 Å². The number of ether oxygens (including phenoxy) is 3. The van der Waals surface area contributed by atoms with E-state index in [2.05, 4.69) is 6.92 Å². The predicted octanol–water partition coefficient (Wildman–Crippen LogP) is 7.05. The summed E-state index contributed by atoms with van der Waals surface area (Å²) in [6.07, 6.45) is 14.3. The Morgan fingerprint density at radius 2 is 1.57 bits per heavy atom. The number of carbonyl (C=O) groups is 2. The Hall–Kier alpha value is -3.32. The molecule has 1 atom stereocenters. The molecule has 2 aromatic rings. The smallest absolute Gasteiger partial charge is 0.330 e. The molecular weight excluding hydrogens is 504 g/mol. The van der Waals surface area contributed by atoms with Gasteiger partial charge in [0.25, 0.3) is 0 Å². The summed E-state index contributed by atoms with van der Waals surface area (Å²) in [7, 11) is 0. The molecule has 0 bridgehead atoms. The molecule has 0 aliphatic heterocycles. The molecule has 0 heterocycles. The Balaban J connectivity index is 1.34. The first-order valence-corrected chi connectivity index (χ1v) is 14.8. The molecule has 1 unspecified atom stereocenters. The van der Waals surface area contributed by atoms with Crippen LogP contribution in [0.15, 0.2) is 48.5 Å². The quantitative estimate of drug-likeness (QED) is 0.0802. The molecular formula is C33H46N2O5. The van der Waals surface area contributed by atoms with E-state index < -0.39 is 5.97 Å². The highest BCUT2D eigenvalue weighted by Crippen LogP contribution is 2.28. The van der Waals surface area contributed by atoms with E-state index in [0.29, 0.717) is 17.1 Å². The number of rotatable bonds is 15. The lowest BCUT2D eigenvalue weighted by atomic mass is 9.87. The second-order valence-electron chi connectivity index (χ2n) is 10.9. The largest absolute Gasteiger partial charge is 0.462 e. The first kappa shape index (κ1) is 31.2. The molecule has 1 fully saturated rings. The minimum atomic E-state index is -0.439. The van der Waals surface area contributed by atoms with Crippen LogP contribution in [0.3, 0.4) is 0 Å². The fourth-order valence-corrected chi connectivity index (χ4v) is 4.95. The maximum absolute atomic E-state index is 12.7. The Labute approximate surface area is 239 Å². The van der Waals surface area contributed by atoms with Gasteiger partial charge in [-0.05, 0) is 79.6 Å². The van der Waals surface area contributed by atoms with Gasteiger partial charge in [0.1, 0.15) is 5.75 Å². The van der Waals surface area contributed by atoms with Crippen LogP contribution >= 0.6 is 0 Å². The van der Waals surface area contributed by atoms with Gasteiger partial charge in [-0.2, -0.15) is 0 Å². The van der Waals surface area contributed by atoms with E-state index in [9.17, 15) is 9.59 Å². The third-order valence-corrected chi connectivity index (χ3v) is 7.41. The van der Waals surface area contributed by atoms with E-state index in [0.717, 1.165) is 49.8 Å². The summed E-state index contributed by atoms with van der Waals surface area (Å²) >= 11 is 0. The van der Waals surface area contributed by atoms with E-state index in [1.54, 1.807) is 36.4 Å². The summed E-state index contributed by atoms with van der Waals surface area (Å²) in [4.78, 5) is 24.9. The molecule has 0 aromatic heterocycles. The van der Waals surface area contributed by atoms with Gasteiger partial charge >= 0.3 is 11.9 Å². The number of benzene rings is 2. The average molecular weight is 551 g/mol. The van der Waals surface area contributed by atoms with Crippen molar-refractivity contribution in [3.63, 3.8) is 0 Å². The van der Waals surface area contributed by atoms with Gasteiger partial charge in [-0.1, -0.05) is 58.1 Å². The van der Waals surface area contributed by atoms with Crippen molar-refractivity contribution >= 4 is 29.4 Å². The van der Waals surface area contributed by atoms with Crippen molar-refractivity contribution < 1.29 is 23.8 Å². The van der Waals surface area contributed by atoms with Crippen molar-refractivity contribution in [1.82, 2.24) is 0 Å². The zero-order valence-corrected chi connectivity index (χ0v) is 24.1. The van der Waals surface area contributed by atoms with Gasteiger partial charge in [0.15, 0.2) is 0 Å². The Kier molecular flexibility index (Phi) is 13.0. The average Bonchev–Trinajstić information content (AvgIpc) is 2.94. The van der Waals surface area contributed by atoms with E-state index in [-0.39, 0.29) is 30.5 Å². The predicted molar refractivity (Wildman–Crippen MR) is 161 cm³/mol. The summed E-state index contributed by atoms with van der Waals surface area (Å²) in [5, 5.41) is 0. The van der Waals surface area contributed by atoms with Gasteiger partial charge in [0, 0.05) is 30.0 Å². The Morgan fingerprint density at radius 3 is 2.25 bits per heavy atom. The zero-order chi connectivity index (χ0) is 28.7. The molecule has 1 saturated carbocycles. The van der Waals surface area contributed by atoms with Crippen LogP contribution < -0.4 is 16.2 Å². The van der Waals surface area contributed by atoms with Gasteiger partial charge in [-0.15, -0.1) is 0 Å². The van der Waals surface area contributed by atoms with Crippen molar-refractivity contribution in [2.45, 2.75) is 90.1 Å². The molecule has 2 aromatic carbocycles. The van der Waals surface area contributed by atoms with Crippen LogP contribution in [-0.2, 0) is 19.1 Å². The number of unbranched alkanes of at least 4 members (excludes halogenated alkanes) is 5. The molecule has 40 heavy (non-hydrogen) atoms. The minimum absolute atomic E-state index is 0.0372. The van der Waals surface area contributed by atoms with Crippen LogP contribution in [-0.4, -0.2) is 31.3 Å². The lowest BCUT2D eigenvalue weighted by Gasteiger charge is -2.27. The number of hydrogen-bond acceptors (Lipinski definition) is 7. The molecule has 1 aliphatic rings. The molecule has 4 N–H and O–H groups in total. The molecule has 0 radical (unpaired) electrons. The minimum Gasteiger partial charge on any atom is -0.462 e. The number of carbonyl (C=O) groups excluding carboxylic acids is 2. The Morgan fingerprint density at radius 1 is 0.925 bits per heavy atom. The standard InChI is InChI=1S/C33H46N2O5/c1-3-4-5-6-7-8-19-38-30-16-12-26(13-17-30)33(37)40-31-14-9-25(10-15-31)11-18-32(36)39-23-24(2)27-20-28(34)22-29(35)21-27/h9-11,14-15,18,20-22,24,26,30H,3-8,12-13,16-17,19,23,34-35H2,1-2H3.